The van der Waals surface area contributed by atoms with Crippen LogP contribution in [0.1, 0.15) is 19.8 Å². The molecule has 0 unspecified atom stereocenters. The van der Waals surface area contributed by atoms with E-state index in [0.29, 0.717) is 33.9 Å². The summed E-state index contributed by atoms with van der Waals surface area (Å²) in [5.74, 6) is 0.124. The second kappa shape index (κ2) is 9.42. The number of rotatable bonds is 6. The van der Waals surface area contributed by atoms with Gasteiger partial charge in [0.15, 0.2) is 5.82 Å². The lowest BCUT2D eigenvalue weighted by Gasteiger charge is -2.34. The standard InChI is InChI=1S/C27H27ClFN5O2/c1-15(35-2)14-36-27-32-25-20(26(33-27)34-12-17-9-10-18(13-34)31-17)11-30-24(23(25)29)19-7-3-5-16-6-4-8-21(28)22(16)19/h3-8,11,15,17-18,31H,9-10,12-14H2,1-2H3/t15-,17-,18+/m1/s1. The van der Waals surface area contributed by atoms with Gasteiger partial charge < -0.3 is 19.7 Å². The molecule has 186 valence electrons. The molecule has 2 fully saturated rings. The van der Waals surface area contributed by atoms with Gasteiger partial charge in [-0.05, 0) is 31.2 Å². The molecule has 1 N–H and O–H groups in total. The summed E-state index contributed by atoms with van der Waals surface area (Å²) < 4.78 is 27.4. The zero-order valence-corrected chi connectivity index (χ0v) is 20.9. The number of nitrogens with zero attached hydrogens (tertiary/aromatic N) is 4. The van der Waals surface area contributed by atoms with Crippen molar-refractivity contribution in [3.05, 3.63) is 53.4 Å². The van der Waals surface area contributed by atoms with Crippen molar-refractivity contribution in [3.63, 3.8) is 0 Å². The van der Waals surface area contributed by atoms with Crippen molar-refractivity contribution in [2.75, 3.05) is 31.7 Å². The van der Waals surface area contributed by atoms with Crippen LogP contribution in [-0.4, -0.2) is 59.9 Å². The molecule has 3 atom stereocenters. The van der Waals surface area contributed by atoms with Crippen molar-refractivity contribution < 1.29 is 13.9 Å². The first-order chi connectivity index (χ1) is 17.5. The van der Waals surface area contributed by atoms with Crippen LogP contribution in [0.4, 0.5) is 10.2 Å². The van der Waals surface area contributed by atoms with E-state index in [1.54, 1.807) is 19.4 Å². The molecular weight excluding hydrogens is 481 g/mol. The molecule has 0 radical (unpaired) electrons. The monoisotopic (exact) mass is 507 g/mol. The number of hydrogen-bond donors (Lipinski definition) is 1. The molecule has 0 saturated carbocycles. The lowest BCUT2D eigenvalue weighted by atomic mass is 10.0. The molecule has 0 amide bonds. The Morgan fingerprint density at radius 1 is 1.14 bits per heavy atom. The van der Waals surface area contributed by atoms with E-state index in [-0.39, 0.29) is 29.9 Å². The Morgan fingerprint density at radius 3 is 2.64 bits per heavy atom. The highest BCUT2D eigenvalue weighted by Gasteiger charge is 2.34. The van der Waals surface area contributed by atoms with Crippen molar-refractivity contribution in [1.82, 2.24) is 20.3 Å². The molecule has 2 aliphatic heterocycles. The van der Waals surface area contributed by atoms with Gasteiger partial charge in [-0.1, -0.05) is 41.9 Å². The van der Waals surface area contributed by atoms with Gasteiger partial charge in [0, 0.05) is 54.5 Å². The Balaban J connectivity index is 1.51. The van der Waals surface area contributed by atoms with Gasteiger partial charge in [0.25, 0.3) is 0 Å². The molecule has 2 aromatic carbocycles. The number of pyridine rings is 1. The van der Waals surface area contributed by atoms with Gasteiger partial charge in [-0.25, -0.2) is 4.39 Å². The average Bonchev–Trinajstić information content (AvgIpc) is 3.24. The minimum Gasteiger partial charge on any atom is -0.461 e. The summed E-state index contributed by atoms with van der Waals surface area (Å²) in [6.45, 7) is 3.73. The number of hydrogen-bond acceptors (Lipinski definition) is 7. The van der Waals surface area contributed by atoms with E-state index in [1.807, 2.05) is 37.3 Å². The maximum absolute atomic E-state index is 16.3. The number of ether oxygens (including phenoxy) is 2. The topological polar surface area (TPSA) is 72.4 Å². The lowest BCUT2D eigenvalue weighted by Crippen LogP contribution is -2.51. The highest BCUT2D eigenvalue weighted by atomic mass is 35.5. The number of piperazine rings is 1. The molecule has 2 aliphatic rings. The third-order valence-corrected chi connectivity index (χ3v) is 7.43. The Bertz CT molecular complexity index is 1430. The van der Waals surface area contributed by atoms with Gasteiger partial charge in [-0.3, -0.25) is 4.98 Å². The first kappa shape index (κ1) is 23.3. The molecule has 6 rings (SSSR count). The lowest BCUT2D eigenvalue weighted by molar-refractivity contribution is 0.0682. The summed E-state index contributed by atoms with van der Waals surface area (Å²) in [6, 6.07) is 12.2. The highest BCUT2D eigenvalue weighted by molar-refractivity contribution is 6.36. The number of fused-ring (bicyclic) bond motifs is 4. The van der Waals surface area contributed by atoms with Gasteiger partial charge >= 0.3 is 6.01 Å². The van der Waals surface area contributed by atoms with Crippen molar-refractivity contribution in [3.8, 4) is 17.3 Å². The fourth-order valence-electron chi connectivity index (χ4n) is 5.24. The predicted octanol–water partition coefficient (Wildman–Crippen LogP) is 4.99. The number of benzene rings is 2. The summed E-state index contributed by atoms with van der Waals surface area (Å²) in [5.41, 5.74) is 0.996. The largest absolute Gasteiger partial charge is 0.461 e. The minimum absolute atomic E-state index is 0.124. The van der Waals surface area contributed by atoms with E-state index in [0.717, 1.165) is 36.7 Å². The molecule has 7 nitrogen and oxygen atoms in total. The van der Waals surface area contributed by atoms with Crippen LogP contribution in [0.2, 0.25) is 5.02 Å². The van der Waals surface area contributed by atoms with Gasteiger partial charge in [-0.15, -0.1) is 0 Å². The summed E-state index contributed by atoms with van der Waals surface area (Å²) in [7, 11) is 1.62. The quantitative estimate of drug-likeness (QED) is 0.394. The zero-order valence-electron chi connectivity index (χ0n) is 20.2. The summed E-state index contributed by atoms with van der Waals surface area (Å²) in [6.07, 6.45) is 3.76. The molecule has 2 bridgehead atoms. The van der Waals surface area contributed by atoms with Crippen LogP contribution in [0.3, 0.4) is 0 Å². The first-order valence-corrected chi connectivity index (χ1v) is 12.6. The van der Waals surface area contributed by atoms with E-state index in [9.17, 15) is 0 Å². The maximum Gasteiger partial charge on any atom is 0.319 e. The smallest absolute Gasteiger partial charge is 0.319 e. The number of methoxy groups -OCH3 is 1. The third-order valence-electron chi connectivity index (χ3n) is 7.12. The number of nitrogens with one attached hydrogen (secondary N) is 1. The maximum atomic E-state index is 16.3. The molecule has 4 heterocycles. The Kier molecular flexibility index (Phi) is 6.11. The normalized spacial score (nSPS) is 20.3. The molecule has 0 aliphatic carbocycles. The third kappa shape index (κ3) is 4.13. The van der Waals surface area contributed by atoms with Crippen LogP contribution >= 0.6 is 11.6 Å². The Morgan fingerprint density at radius 2 is 1.89 bits per heavy atom. The number of aromatic nitrogens is 3. The second-order valence-corrected chi connectivity index (χ2v) is 9.96. The second-order valence-electron chi connectivity index (χ2n) is 9.56. The van der Waals surface area contributed by atoms with Gasteiger partial charge in [0.05, 0.1) is 11.5 Å². The first-order valence-electron chi connectivity index (χ1n) is 12.2. The van der Waals surface area contributed by atoms with E-state index in [4.69, 9.17) is 26.1 Å². The van der Waals surface area contributed by atoms with Crippen molar-refractivity contribution in [2.45, 2.75) is 38.0 Å². The SMILES string of the molecule is CO[C@H](C)COc1nc(N2C[C@H]3CC[C@@H](C2)N3)c2cnc(-c3cccc4cccc(Cl)c34)c(F)c2n1. The van der Waals surface area contributed by atoms with E-state index < -0.39 is 5.82 Å². The average molecular weight is 508 g/mol. The minimum atomic E-state index is -0.522. The Labute approximate surface area is 213 Å². The van der Waals surface area contributed by atoms with Crippen molar-refractivity contribution in [1.29, 1.82) is 0 Å². The highest BCUT2D eigenvalue weighted by Crippen LogP contribution is 2.38. The van der Waals surface area contributed by atoms with Crippen LogP contribution in [0.25, 0.3) is 32.9 Å². The molecule has 36 heavy (non-hydrogen) atoms. The van der Waals surface area contributed by atoms with Crippen molar-refractivity contribution >= 4 is 39.1 Å². The molecule has 4 aromatic rings. The van der Waals surface area contributed by atoms with E-state index in [1.165, 1.54) is 0 Å². The van der Waals surface area contributed by atoms with Crippen LogP contribution in [0, 0.1) is 5.82 Å². The molecular formula is C27H27ClFN5O2. The fraction of sp³-hybridized carbons (Fsp3) is 0.370. The summed E-state index contributed by atoms with van der Waals surface area (Å²) >= 11 is 6.53. The Hall–Kier alpha value is -3.07. The van der Waals surface area contributed by atoms with Crippen LogP contribution < -0.4 is 15.0 Å². The fourth-order valence-corrected chi connectivity index (χ4v) is 5.52. The van der Waals surface area contributed by atoms with Gasteiger partial charge in [-0.2, -0.15) is 9.97 Å². The molecule has 9 heteroatoms. The van der Waals surface area contributed by atoms with Crippen LogP contribution in [0.15, 0.2) is 42.6 Å². The van der Waals surface area contributed by atoms with E-state index in [2.05, 4.69) is 20.2 Å². The molecule has 2 saturated heterocycles. The molecule has 2 aromatic heterocycles. The number of halogens is 2. The summed E-state index contributed by atoms with van der Waals surface area (Å²) in [5, 5.41) is 6.41. The summed E-state index contributed by atoms with van der Waals surface area (Å²) in [4.78, 5) is 16.0. The predicted molar refractivity (Wildman–Crippen MR) is 139 cm³/mol. The molecule has 0 spiro atoms. The van der Waals surface area contributed by atoms with Gasteiger partial charge in [0.2, 0.25) is 0 Å². The van der Waals surface area contributed by atoms with Crippen molar-refractivity contribution in [2.24, 2.45) is 0 Å². The van der Waals surface area contributed by atoms with Crippen LogP contribution in [0.5, 0.6) is 6.01 Å². The van der Waals surface area contributed by atoms with Crippen LogP contribution in [-0.2, 0) is 4.74 Å². The van der Waals surface area contributed by atoms with E-state index >= 15 is 4.39 Å². The van der Waals surface area contributed by atoms with Gasteiger partial charge in [0.1, 0.15) is 23.6 Å². The number of anilines is 1. The zero-order chi connectivity index (χ0) is 24.8.